The number of fused-ring (bicyclic) bond motifs is 1. The molecule has 0 bridgehead atoms. The average Bonchev–Trinajstić information content (AvgIpc) is 2.78. The first-order valence-corrected chi connectivity index (χ1v) is 12.1. The molecular formula is C26H37N5O3. The van der Waals surface area contributed by atoms with Crippen molar-refractivity contribution in [3.05, 3.63) is 35.9 Å². The molecular weight excluding hydrogens is 430 g/mol. The molecule has 8 nitrogen and oxygen atoms in total. The number of urea groups is 1. The summed E-state index contributed by atoms with van der Waals surface area (Å²) >= 11 is 0. The van der Waals surface area contributed by atoms with Crippen molar-refractivity contribution in [2.75, 3.05) is 26.2 Å². The van der Waals surface area contributed by atoms with Crippen LogP contribution in [0.15, 0.2) is 30.3 Å². The van der Waals surface area contributed by atoms with Crippen LogP contribution >= 0.6 is 0 Å². The van der Waals surface area contributed by atoms with Crippen LogP contribution in [0.3, 0.4) is 0 Å². The Balaban J connectivity index is 1.91. The van der Waals surface area contributed by atoms with Crippen LogP contribution < -0.4 is 5.32 Å². The summed E-state index contributed by atoms with van der Waals surface area (Å²) in [6, 6.07) is 8.73. The molecule has 2 saturated heterocycles. The Labute approximate surface area is 203 Å². The fourth-order valence-electron chi connectivity index (χ4n) is 4.58. The van der Waals surface area contributed by atoms with Crippen LogP contribution in [0.1, 0.15) is 46.1 Å². The van der Waals surface area contributed by atoms with E-state index >= 15 is 0 Å². The molecule has 0 unspecified atom stereocenters. The molecule has 0 saturated carbocycles. The van der Waals surface area contributed by atoms with Crippen LogP contribution in [0.4, 0.5) is 4.79 Å². The van der Waals surface area contributed by atoms with E-state index in [1.807, 2.05) is 49.1 Å². The number of benzene rings is 1. The van der Waals surface area contributed by atoms with Gasteiger partial charge in [0.25, 0.3) is 0 Å². The largest absolute Gasteiger partial charge is 0.337 e. The molecule has 0 radical (unpaired) electrons. The molecule has 0 aliphatic carbocycles. The number of terminal acetylenes is 1. The number of nitrogens with zero attached hydrogens (tertiary/aromatic N) is 4. The van der Waals surface area contributed by atoms with E-state index in [0.717, 1.165) is 12.0 Å². The van der Waals surface area contributed by atoms with Crippen LogP contribution in [0, 0.1) is 24.2 Å². The second-order valence-electron chi connectivity index (χ2n) is 9.91. The highest BCUT2D eigenvalue weighted by Crippen LogP contribution is 2.29. The van der Waals surface area contributed by atoms with Crippen molar-refractivity contribution >= 4 is 17.8 Å². The first kappa shape index (κ1) is 25.6. The molecule has 0 spiro atoms. The lowest BCUT2D eigenvalue weighted by Gasteiger charge is -2.55. The van der Waals surface area contributed by atoms with Crippen molar-refractivity contribution in [1.29, 1.82) is 0 Å². The summed E-state index contributed by atoms with van der Waals surface area (Å²) in [5.41, 5.74) is 0.972. The summed E-state index contributed by atoms with van der Waals surface area (Å²) in [5, 5.41) is 6.15. The third kappa shape index (κ3) is 5.89. The van der Waals surface area contributed by atoms with E-state index in [4.69, 9.17) is 6.42 Å². The third-order valence-corrected chi connectivity index (χ3v) is 6.27. The van der Waals surface area contributed by atoms with E-state index < -0.39 is 12.2 Å². The Bertz CT molecular complexity index is 911. The molecule has 4 amide bonds. The van der Waals surface area contributed by atoms with Crippen molar-refractivity contribution in [1.82, 2.24) is 25.1 Å². The minimum atomic E-state index is -0.598. The minimum absolute atomic E-state index is 0.0333. The fourth-order valence-corrected chi connectivity index (χ4v) is 4.58. The molecule has 1 aromatic rings. The van der Waals surface area contributed by atoms with Gasteiger partial charge in [-0.2, -0.15) is 5.01 Å². The van der Waals surface area contributed by atoms with E-state index in [1.165, 1.54) is 0 Å². The molecule has 2 atom stereocenters. The summed E-state index contributed by atoms with van der Waals surface area (Å²) < 4.78 is 0. The van der Waals surface area contributed by atoms with Gasteiger partial charge in [-0.15, -0.1) is 6.42 Å². The minimum Gasteiger partial charge on any atom is -0.337 e. The van der Waals surface area contributed by atoms with Crippen molar-refractivity contribution < 1.29 is 14.4 Å². The van der Waals surface area contributed by atoms with Gasteiger partial charge in [0.2, 0.25) is 11.8 Å². The van der Waals surface area contributed by atoms with E-state index in [0.29, 0.717) is 25.4 Å². The van der Waals surface area contributed by atoms with Crippen molar-refractivity contribution in [2.24, 2.45) is 11.8 Å². The maximum Gasteiger partial charge on any atom is 0.334 e. The molecule has 2 heterocycles. The average molecular weight is 468 g/mol. The quantitative estimate of drug-likeness (QED) is 0.596. The zero-order chi connectivity index (χ0) is 24.8. The highest BCUT2D eigenvalue weighted by atomic mass is 16.2. The maximum absolute atomic E-state index is 13.5. The van der Waals surface area contributed by atoms with Gasteiger partial charge in [0.15, 0.2) is 0 Å². The van der Waals surface area contributed by atoms with Gasteiger partial charge >= 0.3 is 6.03 Å². The number of hydrogen-bond donors (Lipinski definition) is 1. The maximum atomic E-state index is 13.5. The van der Waals surface area contributed by atoms with E-state index in [-0.39, 0.29) is 43.4 Å². The Morgan fingerprint density at radius 1 is 1.15 bits per heavy atom. The molecule has 2 fully saturated rings. The lowest BCUT2D eigenvalue weighted by atomic mass is 9.96. The van der Waals surface area contributed by atoms with E-state index in [1.54, 1.807) is 14.9 Å². The first-order chi connectivity index (χ1) is 16.2. The predicted octanol–water partition coefficient (Wildman–Crippen LogP) is 2.52. The number of nitrogens with one attached hydrogen (secondary N) is 1. The summed E-state index contributed by atoms with van der Waals surface area (Å²) in [7, 11) is 0. The van der Waals surface area contributed by atoms with Gasteiger partial charge < -0.3 is 15.1 Å². The molecule has 2 aliphatic heterocycles. The monoisotopic (exact) mass is 467 g/mol. The molecule has 34 heavy (non-hydrogen) atoms. The molecule has 8 heteroatoms. The number of carbonyl (C=O) groups is 3. The zero-order valence-electron chi connectivity index (χ0n) is 20.7. The van der Waals surface area contributed by atoms with Gasteiger partial charge in [0.1, 0.15) is 12.2 Å². The fraction of sp³-hybridized carbons (Fsp3) is 0.577. The number of piperazine rings is 1. The summed E-state index contributed by atoms with van der Waals surface area (Å²) in [4.78, 5) is 43.6. The Kier molecular flexibility index (Phi) is 8.56. The summed E-state index contributed by atoms with van der Waals surface area (Å²) in [5.74, 6) is 3.02. The number of hydrogen-bond acceptors (Lipinski definition) is 4. The molecule has 184 valence electrons. The van der Waals surface area contributed by atoms with Gasteiger partial charge in [0, 0.05) is 13.1 Å². The summed E-state index contributed by atoms with van der Waals surface area (Å²) in [6.07, 6.45) is 6.39. The second-order valence-corrected chi connectivity index (χ2v) is 9.91. The third-order valence-electron chi connectivity index (χ3n) is 6.27. The SMILES string of the molecule is C#CCN1CC(=O)N2[C@@H](CC(C)C)C(=O)N(CCC(C)C)C[C@@H]2N1C(=O)NCc1ccccc1. The molecule has 1 N–H and O–H groups in total. The number of hydrazine groups is 1. The van der Waals surface area contributed by atoms with Crippen LogP contribution in [-0.2, 0) is 16.1 Å². The molecule has 0 aromatic heterocycles. The van der Waals surface area contributed by atoms with Gasteiger partial charge in [-0.05, 0) is 30.2 Å². The van der Waals surface area contributed by atoms with Crippen LogP contribution in [0.2, 0.25) is 0 Å². The van der Waals surface area contributed by atoms with Gasteiger partial charge in [-0.1, -0.05) is 63.9 Å². The van der Waals surface area contributed by atoms with Crippen LogP contribution in [0.5, 0.6) is 0 Å². The lowest BCUT2D eigenvalue weighted by molar-refractivity contribution is -0.189. The van der Waals surface area contributed by atoms with Gasteiger partial charge in [-0.3, -0.25) is 9.59 Å². The summed E-state index contributed by atoms with van der Waals surface area (Å²) in [6.45, 7) is 9.63. The predicted molar refractivity (Wildman–Crippen MR) is 131 cm³/mol. The standard InChI is InChI=1S/C26H37N5O3/c1-6-13-29-18-24(32)30-22(15-20(4)5)25(33)28(14-12-19(2)3)17-23(30)31(29)26(34)27-16-21-10-8-7-9-11-21/h1,7-11,19-20,22-23H,12-18H2,2-5H3,(H,27,34)/t22-,23-/m0/s1. The number of carbonyl (C=O) groups excluding carboxylic acids is 3. The number of rotatable bonds is 8. The molecule has 2 aliphatic rings. The van der Waals surface area contributed by atoms with Crippen LogP contribution in [-0.4, -0.2) is 76.0 Å². The molecule has 1 aromatic carbocycles. The van der Waals surface area contributed by atoms with Gasteiger partial charge in [0.05, 0.1) is 19.6 Å². The van der Waals surface area contributed by atoms with Gasteiger partial charge in [-0.25, -0.2) is 9.80 Å². The van der Waals surface area contributed by atoms with Crippen molar-refractivity contribution in [2.45, 2.75) is 59.3 Å². The van der Waals surface area contributed by atoms with Crippen LogP contribution in [0.25, 0.3) is 0 Å². The smallest absolute Gasteiger partial charge is 0.334 e. The topological polar surface area (TPSA) is 76.2 Å². The number of amides is 4. The normalized spacial score (nSPS) is 21.1. The Hall–Kier alpha value is -3.05. The highest BCUT2D eigenvalue weighted by molar-refractivity contribution is 5.91. The van der Waals surface area contributed by atoms with E-state index in [9.17, 15) is 14.4 Å². The Morgan fingerprint density at radius 2 is 1.85 bits per heavy atom. The lowest BCUT2D eigenvalue weighted by Crippen LogP contribution is -2.76. The highest BCUT2D eigenvalue weighted by Gasteiger charge is 2.51. The van der Waals surface area contributed by atoms with Crippen molar-refractivity contribution in [3.63, 3.8) is 0 Å². The second kappa shape index (κ2) is 11.4. The Morgan fingerprint density at radius 3 is 2.47 bits per heavy atom. The van der Waals surface area contributed by atoms with E-state index in [2.05, 4.69) is 25.1 Å². The zero-order valence-corrected chi connectivity index (χ0v) is 20.7. The van der Waals surface area contributed by atoms with Crippen molar-refractivity contribution in [3.8, 4) is 12.3 Å². The first-order valence-electron chi connectivity index (χ1n) is 12.1. The molecule has 3 rings (SSSR count).